The highest BCUT2D eigenvalue weighted by Gasteiger charge is 2.10. The fourth-order valence-electron chi connectivity index (χ4n) is 1.23. The molecular formula is C12H7ClFNO3. The first kappa shape index (κ1) is 12.3. The van der Waals surface area contributed by atoms with Crippen molar-refractivity contribution in [3.8, 4) is 11.6 Å². The molecule has 6 heteroatoms. The highest BCUT2D eigenvalue weighted by Crippen LogP contribution is 2.27. The number of hydrogen-bond acceptors (Lipinski definition) is 3. The Morgan fingerprint density at radius 3 is 2.56 bits per heavy atom. The quantitative estimate of drug-likeness (QED) is 0.926. The highest BCUT2D eigenvalue weighted by atomic mass is 35.5. The van der Waals surface area contributed by atoms with Crippen LogP contribution < -0.4 is 4.74 Å². The number of pyridine rings is 1. The molecule has 18 heavy (non-hydrogen) atoms. The smallest absolute Gasteiger partial charge is 0.337 e. The summed E-state index contributed by atoms with van der Waals surface area (Å²) in [4.78, 5) is 14.5. The van der Waals surface area contributed by atoms with Gasteiger partial charge in [-0.2, -0.15) is 0 Å². The molecule has 0 radical (unpaired) electrons. The number of halogens is 2. The van der Waals surface area contributed by atoms with E-state index < -0.39 is 5.97 Å². The highest BCUT2D eigenvalue weighted by molar-refractivity contribution is 6.32. The first-order valence-electron chi connectivity index (χ1n) is 4.88. The fraction of sp³-hybridized carbons (Fsp3) is 0. The lowest BCUT2D eigenvalue weighted by atomic mass is 10.3. The van der Waals surface area contributed by atoms with E-state index in [1.54, 1.807) is 0 Å². The molecule has 0 saturated heterocycles. The third kappa shape index (κ3) is 2.75. The van der Waals surface area contributed by atoms with Crippen LogP contribution in [-0.4, -0.2) is 16.1 Å². The van der Waals surface area contributed by atoms with Gasteiger partial charge in [0.05, 0.1) is 5.56 Å². The Kier molecular flexibility index (Phi) is 3.43. The molecule has 0 fully saturated rings. The maximum Gasteiger partial charge on any atom is 0.337 e. The van der Waals surface area contributed by atoms with Crippen LogP contribution in [0.1, 0.15) is 10.4 Å². The lowest BCUT2D eigenvalue weighted by Crippen LogP contribution is -1.98. The summed E-state index contributed by atoms with van der Waals surface area (Å²) in [5.74, 6) is -1.09. The van der Waals surface area contributed by atoms with E-state index >= 15 is 0 Å². The number of benzene rings is 1. The molecule has 0 aliphatic rings. The summed E-state index contributed by atoms with van der Waals surface area (Å²) in [6.07, 6.45) is 1.13. The summed E-state index contributed by atoms with van der Waals surface area (Å²) in [7, 11) is 0. The first-order chi connectivity index (χ1) is 8.56. The molecule has 0 aliphatic carbocycles. The third-order valence-electron chi connectivity index (χ3n) is 2.08. The van der Waals surface area contributed by atoms with Crippen molar-refractivity contribution in [2.24, 2.45) is 0 Å². The molecule has 1 aromatic heterocycles. The van der Waals surface area contributed by atoms with Gasteiger partial charge in [0.2, 0.25) is 5.88 Å². The Morgan fingerprint density at radius 2 is 2.00 bits per heavy atom. The van der Waals surface area contributed by atoms with Crippen molar-refractivity contribution in [2.75, 3.05) is 0 Å². The van der Waals surface area contributed by atoms with Crippen molar-refractivity contribution < 1.29 is 19.0 Å². The summed E-state index contributed by atoms with van der Waals surface area (Å²) in [6.45, 7) is 0. The minimum atomic E-state index is -1.13. The Balaban J connectivity index is 2.24. The minimum Gasteiger partial charge on any atom is -0.478 e. The number of carboxylic acid groups (broad SMARTS) is 1. The zero-order valence-electron chi connectivity index (χ0n) is 8.93. The van der Waals surface area contributed by atoms with Crippen LogP contribution in [0.3, 0.4) is 0 Å². The lowest BCUT2D eigenvalue weighted by Gasteiger charge is -2.06. The van der Waals surface area contributed by atoms with E-state index in [2.05, 4.69) is 4.98 Å². The molecule has 0 aliphatic heterocycles. The molecule has 1 heterocycles. The van der Waals surface area contributed by atoms with E-state index in [0.29, 0.717) is 5.75 Å². The second-order valence-electron chi connectivity index (χ2n) is 3.37. The maximum atomic E-state index is 12.7. The van der Waals surface area contributed by atoms with Gasteiger partial charge in [-0.15, -0.1) is 0 Å². The van der Waals surface area contributed by atoms with E-state index in [1.165, 1.54) is 30.3 Å². The first-order valence-corrected chi connectivity index (χ1v) is 5.26. The largest absolute Gasteiger partial charge is 0.478 e. The van der Waals surface area contributed by atoms with Gasteiger partial charge in [-0.05, 0) is 30.3 Å². The average molecular weight is 268 g/mol. The predicted molar refractivity (Wildman–Crippen MR) is 62.7 cm³/mol. The van der Waals surface area contributed by atoms with Crippen molar-refractivity contribution in [3.05, 3.63) is 52.9 Å². The molecule has 2 aromatic rings. The standard InChI is InChI=1S/C12H7ClFNO3/c13-10-5-7(12(16)17)6-15-11(10)18-9-3-1-8(14)2-4-9/h1-6H,(H,16,17). The normalized spacial score (nSPS) is 10.1. The summed E-state index contributed by atoms with van der Waals surface area (Å²) in [5.41, 5.74) is -0.0357. The SMILES string of the molecule is O=C(O)c1cnc(Oc2ccc(F)cc2)c(Cl)c1. The Bertz CT molecular complexity index is 586. The van der Waals surface area contributed by atoms with Gasteiger partial charge in [0.15, 0.2) is 0 Å². The summed E-state index contributed by atoms with van der Waals surface area (Å²) in [6, 6.07) is 6.52. The van der Waals surface area contributed by atoms with Gasteiger partial charge >= 0.3 is 5.97 Å². The number of hydrogen-bond donors (Lipinski definition) is 1. The van der Waals surface area contributed by atoms with Crippen LogP contribution in [0.4, 0.5) is 4.39 Å². The van der Waals surface area contributed by atoms with Crippen LogP contribution in [0, 0.1) is 5.82 Å². The second-order valence-corrected chi connectivity index (χ2v) is 3.78. The molecule has 1 aromatic carbocycles. The number of nitrogens with zero attached hydrogens (tertiary/aromatic N) is 1. The van der Waals surface area contributed by atoms with Gasteiger partial charge in [0.25, 0.3) is 0 Å². The van der Waals surface area contributed by atoms with Gasteiger partial charge in [-0.25, -0.2) is 14.2 Å². The lowest BCUT2D eigenvalue weighted by molar-refractivity contribution is 0.0696. The summed E-state index contributed by atoms with van der Waals surface area (Å²) < 4.78 is 18.0. The van der Waals surface area contributed by atoms with Gasteiger partial charge < -0.3 is 9.84 Å². The van der Waals surface area contributed by atoms with E-state index in [-0.39, 0.29) is 22.3 Å². The number of carboxylic acids is 1. The third-order valence-corrected chi connectivity index (χ3v) is 2.35. The van der Waals surface area contributed by atoms with Gasteiger partial charge in [0.1, 0.15) is 16.6 Å². The summed E-state index contributed by atoms with van der Waals surface area (Å²) in [5, 5.41) is 8.81. The van der Waals surface area contributed by atoms with Gasteiger partial charge in [-0.1, -0.05) is 11.6 Å². The molecule has 2 rings (SSSR count). The minimum absolute atomic E-state index is 0.0357. The zero-order chi connectivity index (χ0) is 13.1. The van der Waals surface area contributed by atoms with E-state index in [0.717, 1.165) is 6.20 Å². The van der Waals surface area contributed by atoms with Crippen molar-refractivity contribution in [1.29, 1.82) is 0 Å². The van der Waals surface area contributed by atoms with Crippen molar-refractivity contribution >= 4 is 17.6 Å². The molecule has 0 saturated carbocycles. The number of carbonyl (C=O) groups is 1. The van der Waals surface area contributed by atoms with Crippen molar-refractivity contribution in [3.63, 3.8) is 0 Å². The predicted octanol–water partition coefficient (Wildman–Crippen LogP) is 3.36. The zero-order valence-corrected chi connectivity index (χ0v) is 9.69. The van der Waals surface area contributed by atoms with Gasteiger partial charge in [-0.3, -0.25) is 0 Å². The van der Waals surface area contributed by atoms with E-state index in [4.69, 9.17) is 21.4 Å². The van der Waals surface area contributed by atoms with Crippen molar-refractivity contribution in [1.82, 2.24) is 4.98 Å². The Hall–Kier alpha value is -2.14. The molecule has 4 nitrogen and oxygen atoms in total. The van der Waals surface area contributed by atoms with Crippen molar-refractivity contribution in [2.45, 2.75) is 0 Å². The Labute approximate surface area is 107 Å². The molecule has 1 N–H and O–H groups in total. The molecule has 0 amide bonds. The van der Waals surface area contributed by atoms with Crippen LogP contribution in [-0.2, 0) is 0 Å². The average Bonchev–Trinajstić information content (AvgIpc) is 2.34. The molecule has 0 atom stereocenters. The number of ether oxygens (including phenoxy) is 1. The number of aromatic carboxylic acids is 1. The van der Waals surface area contributed by atoms with Crippen LogP contribution in [0.15, 0.2) is 36.5 Å². The number of aromatic nitrogens is 1. The Morgan fingerprint density at radius 1 is 1.33 bits per heavy atom. The van der Waals surface area contributed by atoms with Gasteiger partial charge in [0, 0.05) is 6.20 Å². The van der Waals surface area contributed by atoms with Crippen LogP contribution in [0.5, 0.6) is 11.6 Å². The topological polar surface area (TPSA) is 59.4 Å². The molecule has 0 unspecified atom stereocenters. The molecule has 0 spiro atoms. The molecule has 0 bridgehead atoms. The second kappa shape index (κ2) is 5.01. The monoisotopic (exact) mass is 267 g/mol. The summed E-state index contributed by atoms with van der Waals surface area (Å²) >= 11 is 5.83. The maximum absolute atomic E-state index is 12.7. The van der Waals surface area contributed by atoms with Crippen LogP contribution in [0.2, 0.25) is 5.02 Å². The van der Waals surface area contributed by atoms with E-state index in [1.807, 2.05) is 0 Å². The van der Waals surface area contributed by atoms with Crippen LogP contribution in [0.25, 0.3) is 0 Å². The van der Waals surface area contributed by atoms with Crippen LogP contribution >= 0.6 is 11.6 Å². The fourth-order valence-corrected chi connectivity index (χ4v) is 1.44. The van der Waals surface area contributed by atoms with E-state index in [9.17, 15) is 9.18 Å². The molecule has 92 valence electrons. The molecular weight excluding hydrogens is 261 g/mol. The number of rotatable bonds is 3.